The van der Waals surface area contributed by atoms with Crippen LogP contribution in [0, 0.1) is 0 Å². The Morgan fingerprint density at radius 1 is 0.489 bits per heavy atom. The topological polar surface area (TPSA) is 6.48 Å². The van der Waals surface area contributed by atoms with Crippen molar-refractivity contribution in [2.75, 3.05) is 30.6 Å². The van der Waals surface area contributed by atoms with Gasteiger partial charge in [-0.2, -0.15) is 0 Å². The van der Waals surface area contributed by atoms with Crippen molar-refractivity contribution < 1.29 is 0 Å². The Morgan fingerprint density at radius 2 is 0.978 bits per heavy atom. The van der Waals surface area contributed by atoms with Crippen molar-refractivity contribution >= 4 is 80.7 Å². The molecule has 0 aliphatic carbocycles. The van der Waals surface area contributed by atoms with Gasteiger partial charge in [-0.3, -0.25) is 0 Å². The van der Waals surface area contributed by atoms with Crippen LogP contribution in [0.5, 0.6) is 0 Å². The zero-order valence-corrected chi connectivity index (χ0v) is 29.4. The Hall–Kier alpha value is -3.70. The van der Waals surface area contributed by atoms with Crippen LogP contribution in [0.25, 0.3) is 21.5 Å². The molecule has 2 nitrogen and oxygen atoms in total. The van der Waals surface area contributed by atoms with E-state index in [2.05, 4.69) is 180 Å². The van der Waals surface area contributed by atoms with Gasteiger partial charge in [0, 0.05) is 0 Å². The molecule has 4 heteroatoms. The molecular formula is C41H44N2P2. The summed E-state index contributed by atoms with van der Waals surface area (Å²) in [7, 11) is 1.56. The Balaban J connectivity index is 1.66. The van der Waals surface area contributed by atoms with Crippen LogP contribution in [0.4, 0.5) is 22.7 Å². The van der Waals surface area contributed by atoms with Crippen LogP contribution in [-0.4, -0.2) is 32.1 Å². The summed E-state index contributed by atoms with van der Waals surface area (Å²) in [6, 6.07) is 46.2. The Bertz CT molecular complexity index is 2050. The van der Waals surface area contributed by atoms with Gasteiger partial charge in [0.1, 0.15) is 0 Å². The van der Waals surface area contributed by atoms with Crippen LogP contribution in [0.3, 0.4) is 0 Å². The van der Waals surface area contributed by atoms with Gasteiger partial charge < -0.3 is 0 Å². The maximum absolute atomic E-state index is 2.60. The number of nitrogens with zero attached hydrogens (tertiary/aromatic N) is 2. The molecule has 0 radical (unpaired) electrons. The van der Waals surface area contributed by atoms with Crippen LogP contribution in [-0.2, 0) is 0 Å². The van der Waals surface area contributed by atoms with E-state index in [1.807, 2.05) is 0 Å². The first kappa shape index (κ1) is 30.0. The zero-order chi connectivity index (χ0) is 31.5. The van der Waals surface area contributed by atoms with Gasteiger partial charge in [0.15, 0.2) is 0 Å². The Labute approximate surface area is 270 Å². The second-order valence-corrected chi connectivity index (χ2v) is 20.7. The molecule has 6 aromatic rings. The third kappa shape index (κ3) is 4.86. The monoisotopic (exact) mass is 626 g/mol. The van der Waals surface area contributed by atoms with Gasteiger partial charge in [0.2, 0.25) is 0 Å². The van der Waals surface area contributed by atoms with Crippen LogP contribution in [0.2, 0.25) is 0 Å². The summed E-state index contributed by atoms with van der Waals surface area (Å²) < 4.78 is 0. The summed E-state index contributed by atoms with van der Waals surface area (Å²) in [5.41, 5.74) is 6.21. The summed E-state index contributed by atoms with van der Waals surface area (Å²) in [6.45, 7) is 12.3. The number of fused-ring (bicyclic) bond motifs is 6. The predicted molar refractivity (Wildman–Crippen MR) is 207 cm³/mol. The zero-order valence-electron chi connectivity index (χ0n) is 27.5. The molecule has 1 aliphatic rings. The second kappa shape index (κ2) is 11.6. The molecule has 0 fully saturated rings. The number of rotatable bonds is 2. The van der Waals surface area contributed by atoms with Gasteiger partial charge in [-0.05, 0) is 0 Å². The van der Waals surface area contributed by atoms with Gasteiger partial charge >= 0.3 is 272 Å². The molecule has 228 valence electrons. The first-order valence-corrected chi connectivity index (χ1v) is 20.2. The van der Waals surface area contributed by atoms with Crippen molar-refractivity contribution in [2.45, 2.75) is 39.0 Å². The molecule has 45 heavy (non-hydrogen) atoms. The minimum atomic E-state index is -2.35. The molecule has 1 aliphatic heterocycles. The Morgan fingerprint density at radius 3 is 1.60 bits per heavy atom. The predicted octanol–water partition coefficient (Wildman–Crippen LogP) is 9.42. The van der Waals surface area contributed by atoms with Crippen LogP contribution >= 0.6 is 15.2 Å². The van der Waals surface area contributed by atoms with Crippen LogP contribution in [0.15, 0.2) is 121 Å². The minimum absolute atomic E-state index is 0.451. The van der Waals surface area contributed by atoms with Crippen molar-refractivity contribution in [3.63, 3.8) is 0 Å². The molecule has 6 aromatic carbocycles. The van der Waals surface area contributed by atoms with Gasteiger partial charge in [0.25, 0.3) is 0 Å². The van der Waals surface area contributed by atoms with Gasteiger partial charge in [-0.1, -0.05) is 0 Å². The van der Waals surface area contributed by atoms with Crippen LogP contribution < -0.4 is 31.0 Å². The molecule has 0 amide bonds. The second-order valence-electron chi connectivity index (χ2n) is 13.3. The summed E-state index contributed by atoms with van der Waals surface area (Å²) in [4.78, 5) is 5.05. The number of anilines is 4. The first-order valence-electron chi connectivity index (χ1n) is 16.2. The summed E-state index contributed by atoms with van der Waals surface area (Å²) in [6.07, 6.45) is 0. The fourth-order valence-corrected chi connectivity index (χ4v) is 14.3. The SMILES string of the molecule is CC(C)P1c2ccccc2N(C)c2cc3ccccc3cc2[PH](C)(C(C)C)c2ccccc2N(C)c2cc3ccccc3cc21. The van der Waals surface area contributed by atoms with E-state index in [9.17, 15) is 0 Å². The molecule has 0 bridgehead atoms. The fraction of sp³-hybridized carbons (Fsp3) is 0.220. The van der Waals surface area contributed by atoms with E-state index in [0.717, 1.165) is 0 Å². The molecule has 0 N–H and O–H groups in total. The van der Waals surface area contributed by atoms with E-state index in [-0.39, 0.29) is 0 Å². The van der Waals surface area contributed by atoms with E-state index < -0.39 is 15.2 Å². The molecule has 1 atom stereocenters. The average molecular weight is 627 g/mol. The standard InChI is InChI=1S/C41H44N2P2/c1-28(2)44-38-22-14-12-20-34(38)42(5)37-25-31-17-9-11-19-33(31)27-41(37)45(7,29(3)4)40-23-15-13-21-35(40)43(6)36-24-30-16-8-10-18-32(30)26-39(36)44/h8-29,45H,1-7H3. The molecule has 0 saturated carbocycles. The molecule has 0 aromatic heterocycles. The number of hydrogen-bond donors (Lipinski definition) is 0. The van der Waals surface area contributed by atoms with Gasteiger partial charge in [0.05, 0.1) is 0 Å². The first-order chi connectivity index (χ1) is 21.7. The maximum atomic E-state index is 2.60. The summed E-state index contributed by atoms with van der Waals surface area (Å²) >= 11 is 0. The van der Waals surface area contributed by atoms with Crippen molar-refractivity contribution in [3.8, 4) is 0 Å². The normalized spacial score (nSPS) is 16.9. The molecular weight excluding hydrogens is 582 g/mol. The number of hydrogen-bond acceptors (Lipinski definition) is 2. The third-order valence-electron chi connectivity index (χ3n) is 10.2. The number of para-hydroxylation sites is 2. The van der Waals surface area contributed by atoms with E-state index in [4.69, 9.17) is 0 Å². The van der Waals surface area contributed by atoms with Crippen molar-refractivity contribution in [2.24, 2.45) is 0 Å². The number of benzene rings is 6. The summed E-state index contributed by atoms with van der Waals surface area (Å²) in [5.74, 6) is 0. The van der Waals surface area contributed by atoms with Crippen molar-refractivity contribution in [1.29, 1.82) is 0 Å². The van der Waals surface area contributed by atoms with Crippen LogP contribution in [0.1, 0.15) is 27.7 Å². The fourth-order valence-electron chi connectivity index (χ4n) is 7.47. The Kier molecular flexibility index (Phi) is 7.72. The van der Waals surface area contributed by atoms with Crippen molar-refractivity contribution in [1.82, 2.24) is 0 Å². The summed E-state index contributed by atoms with van der Waals surface area (Å²) in [5, 5.41) is 11.1. The molecule has 1 heterocycles. The molecule has 7 rings (SSSR count). The molecule has 0 saturated heterocycles. The van der Waals surface area contributed by atoms with E-state index >= 15 is 0 Å². The van der Waals surface area contributed by atoms with Crippen molar-refractivity contribution in [3.05, 3.63) is 121 Å². The molecule has 0 spiro atoms. The molecule has 1 unspecified atom stereocenters. The van der Waals surface area contributed by atoms with E-state index in [0.29, 0.717) is 11.3 Å². The van der Waals surface area contributed by atoms with E-state index in [1.54, 1.807) is 0 Å². The van der Waals surface area contributed by atoms with Gasteiger partial charge in [-0.25, -0.2) is 0 Å². The quantitative estimate of drug-likeness (QED) is 0.177. The third-order valence-corrected chi connectivity index (χ3v) is 18.4. The van der Waals surface area contributed by atoms with Gasteiger partial charge in [-0.15, -0.1) is 0 Å². The average Bonchev–Trinajstić information content (AvgIpc) is 3.06. The van der Waals surface area contributed by atoms with E-state index in [1.165, 1.54) is 65.5 Å².